The summed E-state index contributed by atoms with van der Waals surface area (Å²) in [5.41, 5.74) is 2.43. The van der Waals surface area contributed by atoms with Gasteiger partial charge in [0.15, 0.2) is 0 Å². The predicted octanol–water partition coefficient (Wildman–Crippen LogP) is 5.68. The molecule has 3 aromatic rings. The smallest absolute Gasteiger partial charge is 0.266 e. The number of nitrogens with zero attached hydrogens (tertiary/aromatic N) is 3. The maximum absolute atomic E-state index is 13.6. The molecule has 1 aromatic heterocycles. The summed E-state index contributed by atoms with van der Waals surface area (Å²) in [7, 11) is 0. The molecule has 0 saturated carbocycles. The van der Waals surface area contributed by atoms with Crippen molar-refractivity contribution in [2.75, 3.05) is 6.54 Å². The third-order valence-electron chi connectivity index (χ3n) is 5.79. The monoisotopic (exact) mass is 433 g/mol. The van der Waals surface area contributed by atoms with Crippen LogP contribution < -0.4 is 5.56 Å². The van der Waals surface area contributed by atoms with Gasteiger partial charge in [0.05, 0.1) is 22.6 Å². The molecule has 0 fully saturated rings. The van der Waals surface area contributed by atoms with E-state index in [4.69, 9.17) is 4.98 Å². The van der Waals surface area contributed by atoms with E-state index in [0.717, 1.165) is 17.7 Å². The Labute approximate surface area is 191 Å². The Morgan fingerprint density at radius 3 is 2.25 bits per heavy atom. The number of benzene rings is 2. The number of para-hydroxylation sites is 1. The standard InChI is InChI=1S/C27H35N3O2/c1-18(2)15-16-29(25(31)17-19(3)4)21(6)26-28-24-10-8-7-9-23(24)27(32)30(26)22-13-11-20(5)12-14-22/h7-14,18-19,21H,15-17H2,1-6H3. The number of aromatic nitrogens is 2. The van der Waals surface area contributed by atoms with Gasteiger partial charge in [-0.05, 0) is 56.4 Å². The summed E-state index contributed by atoms with van der Waals surface area (Å²) in [6.07, 6.45) is 1.38. The summed E-state index contributed by atoms with van der Waals surface area (Å²) < 4.78 is 1.68. The van der Waals surface area contributed by atoms with Gasteiger partial charge in [0.1, 0.15) is 5.82 Å². The average molecular weight is 434 g/mol. The van der Waals surface area contributed by atoms with E-state index in [2.05, 4.69) is 27.7 Å². The lowest BCUT2D eigenvalue weighted by atomic mass is 10.1. The Bertz CT molecular complexity index is 1130. The summed E-state index contributed by atoms with van der Waals surface area (Å²) >= 11 is 0. The summed E-state index contributed by atoms with van der Waals surface area (Å²) in [6, 6.07) is 15.0. The van der Waals surface area contributed by atoms with Crippen LogP contribution in [0.4, 0.5) is 0 Å². The Hall–Kier alpha value is -2.95. The van der Waals surface area contributed by atoms with E-state index in [9.17, 15) is 9.59 Å². The molecule has 5 heteroatoms. The highest BCUT2D eigenvalue weighted by Crippen LogP contribution is 2.25. The minimum atomic E-state index is -0.335. The van der Waals surface area contributed by atoms with Gasteiger partial charge in [-0.3, -0.25) is 14.2 Å². The maximum atomic E-state index is 13.6. The van der Waals surface area contributed by atoms with Crippen molar-refractivity contribution in [3.05, 3.63) is 70.3 Å². The number of amides is 1. The second kappa shape index (κ2) is 10.1. The van der Waals surface area contributed by atoms with E-state index < -0.39 is 0 Å². The van der Waals surface area contributed by atoms with Crippen LogP contribution in [0.2, 0.25) is 0 Å². The predicted molar refractivity (Wildman–Crippen MR) is 131 cm³/mol. The minimum Gasteiger partial charge on any atom is -0.333 e. The van der Waals surface area contributed by atoms with Crippen molar-refractivity contribution in [2.24, 2.45) is 11.8 Å². The van der Waals surface area contributed by atoms with E-state index in [1.807, 2.05) is 67.3 Å². The van der Waals surface area contributed by atoms with Crippen LogP contribution >= 0.6 is 0 Å². The highest BCUT2D eigenvalue weighted by molar-refractivity contribution is 5.79. The van der Waals surface area contributed by atoms with E-state index in [1.165, 1.54) is 0 Å². The number of fused-ring (bicyclic) bond motifs is 1. The molecule has 0 aliphatic rings. The first kappa shape index (κ1) is 23.7. The molecule has 1 unspecified atom stereocenters. The van der Waals surface area contributed by atoms with E-state index in [0.29, 0.717) is 35.6 Å². The van der Waals surface area contributed by atoms with Gasteiger partial charge in [0, 0.05) is 13.0 Å². The van der Waals surface area contributed by atoms with Crippen molar-refractivity contribution in [3.8, 4) is 5.69 Å². The molecular formula is C27H35N3O2. The van der Waals surface area contributed by atoms with Gasteiger partial charge in [0.2, 0.25) is 5.91 Å². The first-order chi connectivity index (χ1) is 15.2. The zero-order chi connectivity index (χ0) is 23.4. The molecular weight excluding hydrogens is 398 g/mol. The number of carbonyl (C=O) groups is 1. The van der Waals surface area contributed by atoms with Crippen LogP contribution in [0.15, 0.2) is 53.3 Å². The number of rotatable bonds is 8. The van der Waals surface area contributed by atoms with Crippen LogP contribution in [-0.4, -0.2) is 26.9 Å². The normalized spacial score (nSPS) is 12.5. The Morgan fingerprint density at radius 2 is 1.62 bits per heavy atom. The fourth-order valence-corrected chi connectivity index (χ4v) is 3.91. The summed E-state index contributed by atoms with van der Waals surface area (Å²) in [4.78, 5) is 33.6. The molecule has 0 saturated heterocycles. The first-order valence-corrected chi connectivity index (χ1v) is 11.6. The topological polar surface area (TPSA) is 55.2 Å². The van der Waals surface area contributed by atoms with Crippen molar-refractivity contribution >= 4 is 16.8 Å². The molecule has 0 aliphatic carbocycles. The summed E-state index contributed by atoms with van der Waals surface area (Å²) in [5.74, 6) is 1.44. The van der Waals surface area contributed by atoms with Gasteiger partial charge in [-0.15, -0.1) is 0 Å². The molecule has 170 valence electrons. The Morgan fingerprint density at radius 1 is 0.969 bits per heavy atom. The van der Waals surface area contributed by atoms with Gasteiger partial charge in [-0.2, -0.15) is 0 Å². The molecule has 1 atom stereocenters. The Kier molecular flexibility index (Phi) is 7.49. The number of hydrogen-bond donors (Lipinski definition) is 0. The van der Waals surface area contributed by atoms with Gasteiger partial charge in [-0.1, -0.05) is 57.5 Å². The molecule has 2 aromatic carbocycles. The van der Waals surface area contributed by atoms with Crippen molar-refractivity contribution in [2.45, 2.75) is 60.4 Å². The number of hydrogen-bond acceptors (Lipinski definition) is 3. The zero-order valence-corrected chi connectivity index (χ0v) is 20.1. The molecule has 0 aliphatic heterocycles. The molecule has 0 N–H and O–H groups in total. The fourth-order valence-electron chi connectivity index (χ4n) is 3.91. The van der Waals surface area contributed by atoms with E-state index in [1.54, 1.807) is 4.57 Å². The lowest BCUT2D eigenvalue weighted by Gasteiger charge is -2.31. The van der Waals surface area contributed by atoms with Crippen molar-refractivity contribution in [1.29, 1.82) is 0 Å². The van der Waals surface area contributed by atoms with Crippen molar-refractivity contribution in [3.63, 3.8) is 0 Å². The molecule has 0 radical (unpaired) electrons. The van der Waals surface area contributed by atoms with Crippen LogP contribution in [0.3, 0.4) is 0 Å². The second-order valence-corrected chi connectivity index (χ2v) is 9.51. The maximum Gasteiger partial charge on any atom is 0.266 e. The Balaban J connectivity index is 2.19. The summed E-state index contributed by atoms with van der Waals surface area (Å²) in [5, 5.41) is 0.575. The highest BCUT2D eigenvalue weighted by atomic mass is 16.2. The van der Waals surface area contributed by atoms with Crippen LogP contribution in [0.25, 0.3) is 16.6 Å². The zero-order valence-electron chi connectivity index (χ0n) is 20.1. The summed E-state index contributed by atoms with van der Waals surface area (Å²) in [6.45, 7) is 13.1. The fraction of sp³-hybridized carbons (Fsp3) is 0.444. The third kappa shape index (κ3) is 5.26. The first-order valence-electron chi connectivity index (χ1n) is 11.6. The number of carbonyl (C=O) groups excluding carboxylic acids is 1. The lowest BCUT2D eigenvalue weighted by Crippen LogP contribution is -2.38. The molecule has 0 spiro atoms. The van der Waals surface area contributed by atoms with Gasteiger partial charge in [-0.25, -0.2) is 4.98 Å². The van der Waals surface area contributed by atoms with Crippen LogP contribution in [-0.2, 0) is 4.79 Å². The average Bonchev–Trinajstić information content (AvgIpc) is 2.74. The second-order valence-electron chi connectivity index (χ2n) is 9.51. The van der Waals surface area contributed by atoms with E-state index >= 15 is 0 Å². The van der Waals surface area contributed by atoms with Crippen molar-refractivity contribution in [1.82, 2.24) is 14.5 Å². The number of aryl methyl sites for hydroxylation is 1. The minimum absolute atomic E-state index is 0.103. The molecule has 0 bridgehead atoms. The van der Waals surface area contributed by atoms with Crippen LogP contribution in [0.1, 0.15) is 64.9 Å². The molecule has 3 rings (SSSR count). The molecule has 32 heavy (non-hydrogen) atoms. The third-order valence-corrected chi connectivity index (χ3v) is 5.79. The van der Waals surface area contributed by atoms with Crippen LogP contribution in [0, 0.1) is 18.8 Å². The van der Waals surface area contributed by atoms with Crippen LogP contribution in [0.5, 0.6) is 0 Å². The quantitative estimate of drug-likeness (QED) is 0.459. The van der Waals surface area contributed by atoms with Gasteiger partial charge < -0.3 is 4.90 Å². The lowest BCUT2D eigenvalue weighted by molar-refractivity contribution is -0.134. The van der Waals surface area contributed by atoms with E-state index in [-0.39, 0.29) is 23.4 Å². The van der Waals surface area contributed by atoms with Gasteiger partial charge in [0.25, 0.3) is 5.56 Å². The van der Waals surface area contributed by atoms with Gasteiger partial charge >= 0.3 is 0 Å². The SMILES string of the molecule is Cc1ccc(-n2c(C(C)N(CCC(C)C)C(=O)CC(C)C)nc3ccccc3c2=O)cc1. The molecule has 1 amide bonds. The molecule has 5 nitrogen and oxygen atoms in total. The highest BCUT2D eigenvalue weighted by Gasteiger charge is 2.27. The van der Waals surface area contributed by atoms with Crippen molar-refractivity contribution < 1.29 is 4.79 Å². The largest absolute Gasteiger partial charge is 0.333 e. The molecule has 1 heterocycles.